The molecule has 5 nitrogen and oxygen atoms in total. The highest BCUT2D eigenvalue weighted by Gasteiger charge is 2.27. The molecule has 0 spiro atoms. The molecule has 0 saturated carbocycles. The molecule has 0 amide bonds. The predicted molar refractivity (Wildman–Crippen MR) is 35.3 cm³/mol. The van der Waals surface area contributed by atoms with Gasteiger partial charge in [-0.25, -0.2) is 0 Å². The van der Waals surface area contributed by atoms with E-state index in [9.17, 15) is 0 Å². The van der Waals surface area contributed by atoms with E-state index in [0.29, 0.717) is 0 Å². The van der Waals surface area contributed by atoms with Crippen LogP contribution >= 0.6 is 0 Å². The zero-order chi connectivity index (χ0) is 9.02. The van der Waals surface area contributed by atoms with E-state index in [1.165, 1.54) is 13.0 Å². The van der Waals surface area contributed by atoms with E-state index in [0.717, 1.165) is 0 Å². The molecule has 0 radical (unpaired) electrons. The van der Waals surface area contributed by atoms with Crippen LogP contribution in [0.3, 0.4) is 0 Å². The van der Waals surface area contributed by atoms with Gasteiger partial charge in [-0.05, 0) is 6.92 Å². The zero-order valence-corrected chi connectivity index (χ0v) is 6.05. The molecule has 11 heavy (non-hydrogen) atoms. The topological polar surface area (TPSA) is 105 Å². The minimum atomic E-state index is -1.67. The first-order valence-corrected chi connectivity index (χ1v) is 3.12. The molecular formula is C6H11NO4. The van der Waals surface area contributed by atoms with Crippen molar-refractivity contribution >= 4 is 0 Å². The summed E-state index contributed by atoms with van der Waals surface area (Å²) in [6, 6.07) is 1.33. The Morgan fingerprint density at radius 2 is 1.55 bits per heavy atom. The van der Waals surface area contributed by atoms with Crippen molar-refractivity contribution in [2.45, 2.75) is 31.3 Å². The molecule has 0 bridgehead atoms. The second kappa shape index (κ2) is 4.26. The van der Waals surface area contributed by atoms with Crippen molar-refractivity contribution in [1.82, 2.24) is 0 Å². The third-order valence-corrected chi connectivity index (χ3v) is 1.30. The van der Waals surface area contributed by atoms with Crippen LogP contribution in [-0.2, 0) is 0 Å². The Kier molecular flexibility index (Phi) is 4.00. The number of nitriles is 1. The maximum absolute atomic E-state index is 8.89. The summed E-state index contributed by atoms with van der Waals surface area (Å²) in [5.41, 5.74) is 0. The number of hydrogen-bond donors (Lipinski definition) is 4. The highest BCUT2D eigenvalue weighted by atomic mass is 16.4. The van der Waals surface area contributed by atoms with E-state index in [1.807, 2.05) is 0 Å². The van der Waals surface area contributed by atoms with Gasteiger partial charge in [-0.15, -0.1) is 0 Å². The Balaban J connectivity index is 4.03. The fourth-order valence-electron chi connectivity index (χ4n) is 0.548. The summed E-state index contributed by atoms with van der Waals surface area (Å²) in [6.45, 7) is 1.25. The van der Waals surface area contributed by atoms with Crippen molar-refractivity contribution in [3.8, 4) is 6.07 Å². The van der Waals surface area contributed by atoms with Crippen molar-refractivity contribution < 1.29 is 20.4 Å². The minimum Gasteiger partial charge on any atom is -0.391 e. The van der Waals surface area contributed by atoms with Crippen LogP contribution in [0.25, 0.3) is 0 Å². The second-order valence-corrected chi connectivity index (χ2v) is 2.30. The van der Waals surface area contributed by atoms with Gasteiger partial charge >= 0.3 is 0 Å². The van der Waals surface area contributed by atoms with Gasteiger partial charge in [0.05, 0.1) is 12.2 Å². The maximum atomic E-state index is 8.89. The number of rotatable bonds is 3. The predicted octanol–water partition coefficient (Wildman–Crippen LogP) is -2.03. The fraction of sp³-hybridized carbons (Fsp3) is 0.833. The fourth-order valence-corrected chi connectivity index (χ4v) is 0.548. The van der Waals surface area contributed by atoms with Gasteiger partial charge in [0.2, 0.25) is 0 Å². The summed E-state index contributed by atoms with van der Waals surface area (Å²) < 4.78 is 0. The molecule has 5 heteroatoms. The molecule has 0 aliphatic rings. The van der Waals surface area contributed by atoms with E-state index >= 15 is 0 Å². The van der Waals surface area contributed by atoms with E-state index in [4.69, 9.17) is 25.7 Å². The third kappa shape index (κ3) is 2.82. The first-order chi connectivity index (χ1) is 5.00. The molecule has 4 N–H and O–H groups in total. The number of aliphatic hydroxyl groups is 4. The molecule has 64 valence electrons. The molecule has 0 aliphatic carbocycles. The molecule has 0 unspecified atom stereocenters. The lowest BCUT2D eigenvalue weighted by atomic mass is 10.1. The lowest BCUT2D eigenvalue weighted by Gasteiger charge is -2.20. The van der Waals surface area contributed by atoms with Crippen LogP contribution in [0.2, 0.25) is 0 Å². The highest BCUT2D eigenvalue weighted by Crippen LogP contribution is 2.03. The number of aliphatic hydroxyl groups excluding tert-OH is 4. The van der Waals surface area contributed by atoms with Gasteiger partial charge in [-0.2, -0.15) is 5.26 Å². The normalized spacial score (nSPS) is 21.5. The molecule has 0 aliphatic heterocycles. The van der Waals surface area contributed by atoms with Crippen molar-refractivity contribution in [3.05, 3.63) is 0 Å². The summed E-state index contributed by atoms with van der Waals surface area (Å²) in [5.74, 6) is 0. The Morgan fingerprint density at radius 3 is 1.82 bits per heavy atom. The maximum Gasteiger partial charge on any atom is 0.168 e. The van der Waals surface area contributed by atoms with Crippen LogP contribution in [0.1, 0.15) is 6.92 Å². The molecule has 0 saturated heterocycles. The molecule has 0 fully saturated rings. The number of nitrogens with zero attached hydrogens (tertiary/aromatic N) is 1. The van der Waals surface area contributed by atoms with Gasteiger partial charge in [0.15, 0.2) is 6.10 Å². The smallest absolute Gasteiger partial charge is 0.168 e. The van der Waals surface area contributed by atoms with Crippen LogP contribution in [0.15, 0.2) is 0 Å². The van der Waals surface area contributed by atoms with E-state index in [-0.39, 0.29) is 0 Å². The van der Waals surface area contributed by atoms with Crippen LogP contribution in [0.4, 0.5) is 0 Å². The largest absolute Gasteiger partial charge is 0.391 e. The van der Waals surface area contributed by atoms with Gasteiger partial charge in [-0.1, -0.05) is 0 Å². The molecule has 0 aromatic heterocycles. The molecule has 0 rings (SSSR count). The molecule has 0 heterocycles. The molecule has 0 aromatic rings. The third-order valence-electron chi connectivity index (χ3n) is 1.30. The molecule has 0 aromatic carbocycles. The minimum absolute atomic E-state index is 1.17. The first kappa shape index (κ1) is 10.3. The summed E-state index contributed by atoms with van der Waals surface area (Å²) in [7, 11) is 0. The van der Waals surface area contributed by atoms with Crippen LogP contribution in [-0.4, -0.2) is 44.8 Å². The highest BCUT2D eigenvalue weighted by molar-refractivity contribution is 4.92. The Bertz CT molecular complexity index is 153. The Morgan fingerprint density at radius 1 is 1.09 bits per heavy atom. The number of hydrogen-bond acceptors (Lipinski definition) is 5. The molecular weight excluding hydrogens is 150 g/mol. The van der Waals surface area contributed by atoms with Gasteiger partial charge < -0.3 is 20.4 Å². The quantitative estimate of drug-likeness (QED) is 0.357. The van der Waals surface area contributed by atoms with Crippen LogP contribution in [0, 0.1) is 11.3 Å². The summed E-state index contributed by atoms with van der Waals surface area (Å²) in [5, 5.41) is 43.2. The lowest BCUT2D eigenvalue weighted by molar-refractivity contribution is -0.0858. The lowest BCUT2D eigenvalue weighted by Crippen LogP contribution is -2.42. The van der Waals surface area contributed by atoms with Crippen molar-refractivity contribution in [2.24, 2.45) is 0 Å². The van der Waals surface area contributed by atoms with Crippen molar-refractivity contribution in [2.75, 3.05) is 0 Å². The van der Waals surface area contributed by atoms with Gasteiger partial charge in [0, 0.05) is 0 Å². The summed E-state index contributed by atoms with van der Waals surface area (Å²) >= 11 is 0. The summed E-state index contributed by atoms with van der Waals surface area (Å²) in [6.07, 6.45) is -5.96. The summed E-state index contributed by atoms with van der Waals surface area (Å²) in [4.78, 5) is 0. The first-order valence-electron chi connectivity index (χ1n) is 3.12. The van der Waals surface area contributed by atoms with Crippen LogP contribution in [0.5, 0.6) is 0 Å². The van der Waals surface area contributed by atoms with Crippen molar-refractivity contribution in [3.63, 3.8) is 0 Å². The van der Waals surface area contributed by atoms with Gasteiger partial charge in [-0.3, -0.25) is 0 Å². The standard InChI is InChI=1S/C6H11NO4/c1-3(8)5(10)6(11)4(9)2-7/h3-6,8-11H,1H3/t3-,4-,5-,6-/m1/s1. The molecule has 4 atom stereocenters. The Hall–Kier alpha value is -0.670. The Labute approximate surface area is 64.1 Å². The average Bonchev–Trinajstić information content (AvgIpc) is 2.00. The van der Waals surface area contributed by atoms with Gasteiger partial charge in [0.25, 0.3) is 0 Å². The van der Waals surface area contributed by atoms with E-state index in [2.05, 4.69) is 0 Å². The SMILES string of the molecule is C[C@@H](O)[C@@H](O)[C@H](O)[C@H](O)C#N. The monoisotopic (exact) mass is 161 g/mol. The van der Waals surface area contributed by atoms with E-state index in [1.54, 1.807) is 0 Å². The van der Waals surface area contributed by atoms with Crippen molar-refractivity contribution in [1.29, 1.82) is 5.26 Å². The van der Waals surface area contributed by atoms with Crippen LogP contribution < -0.4 is 0 Å². The zero-order valence-electron chi connectivity index (χ0n) is 6.05. The second-order valence-electron chi connectivity index (χ2n) is 2.30. The van der Waals surface area contributed by atoms with Gasteiger partial charge in [0.1, 0.15) is 12.2 Å². The van der Waals surface area contributed by atoms with E-state index < -0.39 is 24.4 Å². The average molecular weight is 161 g/mol.